The lowest BCUT2D eigenvalue weighted by Crippen LogP contribution is -2.22. The van der Waals surface area contributed by atoms with E-state index in [1.54, 1.807) is 0 Å². The molecule has 1 aliphatic heterocycles. The van der Waals surface area contributed by atoms with Crippen LogP contribution in [0.5, 0.6) is 0 Å². The predicted molar refractivity (Wildman–Crippen MR) is 47.1 cm³/mol. The molecule has 3 heteroatoms. The minimum atomic E-state index is -0.00583. The molecule has 2 fully saturated rings. The third-order valence-electron chi connectivity index (χ3n) is 3.70. The fourth-order valence-electron chi connectivity index (χ4n) is 2.85. The van der Waals surface area contributed by atoms with Crippen LogP contribution in [0.25, 0.3) is 0 Å². The maximum absolute atomic E-state index is 5.21. The molecule has 72 valence electrons. The number of hydrogen-bond acceptors (Lipinski definition) is 3. The number of rotatable bonds is 0. The molecule has 1 aromatic carbocycles. The van der Waals surface area contributed by atoms with Gasteiger partial charge in [0.15, 0.2) is 6.10 Å². The quantitative estimate of drug-likeness (QED) is 0.586. The molecule has 3 nitrogen and oxygen atoms in total. The van der Waals surface area contributed by atoms with Crippen LogP contribution in [-0.4, -0.2) is 6.10 Å². The lowest BCUT2D eigenvalue weighted by molar-refractivity contribution is -0.469. The number of benzene rings is 1. The predicted octanol–water partition coefficient (Wildman–Crippen LogP) is 2.03. The van der Waals surface area contributed by atoms with Crippen molar-refractivity contribution in [3.05, 3.63) is 35.4 Å². The first-order valence-corrected chi connectivity index (χ1v) is 5.00. The second kappa shape index (κ2) is 2.19. The van der Waals surface area contributed by atoms with Crippen molar-refractivity contribution in [2.24, 2.45) is 0 Å². The van der Waals surface area contributed by atoms with Crippen LogP contribution in [0.3, 0.4) is 0 Å². The van der Waals surface area contributed by atoms with E-state index < -0.39 is 0 Å². The van der Waals surface area contributed by atoms with Crippen LogP contribution in [0, 0.1) is 0 Å². The first-order chi connectivity index (χ1) is 6.92. The van der Waals surface area contributed by atoms with E-state index >= 15 is 0 Å². The zero-order chi connectivity index (χ0) is 9.17. The SMILES string of the molecule is c1ccc2c(c1)[C@@H]1OOO[C@@H]1C21CC1. The topological polar surface area (TPSA) is 27.7 Å². The van der Waals surface area contributed by atoms with Gasteiger partial charge in [-0.2, -0.15) is 9.78 Å². The summed E-state index contributed by atoms with van der Waals surface area (Å²) in [5, 5.41) is 4.64. The normalized spacial score (nSPS) is 35.7. The van der Waals surface area contributed by atoms with Crippen molar-refractivity contribution in [1.29, 1.82) is 0 Å². The molecule has 2 atom stereocenters. The van der Waals surface area contributed by atoms with Crippen LogP contribution >= 0.6 is 0 Å². The van der Waals surface area contributed by atoms with Gasteiger partial charge >= 0.3 is 0 Å². The Hall–Kier alpha value is -0.900. The fourth-order valence-corrected chi connectivity index (χ4v) is 2.85. The molecular weight excluding hydrogens is 180 g/mol. The second-order valence-electron chi connectivity index (χ2n) is 4.35. The lowest BCUT2D eigenvalue weighted by Gasteiger charge is -2.12. The molecule has 1 spiro atoms. The highest BCUT2D eigenvalue weighted by molar-refractivity contribution is 5.48. The molecule has 0 amide bonds. The van der Waals surface area contributed by atoms with Gasteiger partial charge in [-0.1, -0.05) is 29.3 Å². The number of fused-ring (bicyclic) bond motifs is 5. The summed E-state index contributed by atoms with van der Waals surface area (Å²) in [4.78, 5) is 10.4. The standard InChI is InChI=1S/C11H10O3/c1-2-4-8-7(3-1)9-10(13-14-12-9)11(8)5-6-11/h1-4,9-10H,5-6H2/t9-,10-/m0/s1. The molecule has 1 saturated carbocycles. The van der Waals surface area contributed by atoms with Gasteiger partial charge in [0.25, 0.3) is 0 Å². The molecule has 0 unspecified atom stereocenters. The first kappa shape index (κ1) is 7.40. The summed E-state index contributed by atoms with van der Waals surface area (Å²) in [6.07, 6.45) is 2.46. The van der Waals surface area contributed by atoms with Crippen molar-refractivity contribution in [1.82, 2.24) is 0 Å². The largest absolute Gasteiger partial charge is 0.199 e. The summed E-state index contributed by atoms with van der Waals surface area (Å²) in [5.74, 6) is 0. The highest BCUT2D eigenvalue weighted by atomic mass is 17.5. The van der Waals surface area contributed by atoms with Gasteiger partial charge in [-0.05, 0) is 24.0 Å². The average molecular weight is 190 g/mol. The second-order valence-corrected chi connectivity index (χ2v) is 4.35. The van der Waals surface area contributed by atoms with Gasteiger partial charge in [0.05, 0.1) is 0 Å². The first-order valence-electron chi connectivity index (χ1n) is 5.00. The molecular formula is C11H10O3. The van der Waals surface area contributed by atoms with Crippen molar-refractivity contribution in [2.45, 2.75) is 30.5 Å². The Kier molecular flexibility index (Phi) is 1.16. The third kappa shape index (κ3) is 0.670. The smallest absolute Gasteiger partial charge is 0.152 e. The molecule has 0 radical (unpaired) electrons. The number of hydrogen-bond donors (Lipinski definition) is 0. The highest BCUT2D eigenvalue weighted by Crippen LogP contribution is 2.63. The van der Waals surface area contributed by atoms with E-state index in [0.29, 0.717) is 0 Å². The molecule has 14 heavy (non-hydrogen) atoms. The van der Waals surface area contributed by atoms with E-state index in [-0.39, 0.29) is 17.6 Å². The third-order valence-corrected chi connectivity index (χ3v) is 3.70. The zero-order valence-electron chi connectivity index (χ0n) is 7.60. The fraction of sp³-hybridized carbons (Fsp3) is 0.455. The Bertz CT molecular complexity index is 397. The summed E-state index contributed by atoms with van der Waals surface area (Å²) in [5.41, 5.74) is 2.85. The Labute approximate surface area is 81.4 Å². The lowest BCUT2D eigenvalue weighted by atomic mass is 9.97. The summed E-state index contributed by atoms with van der Waals surface area (Å²) < 4.78 is 0. The van der Waals surface area contributed by atoms with Crippen LogP contribution in [0.2, 0.25) is 0 Å². The Balaban J connectivity index is 1.96. The maximum Gasteiger partial charge on any atom is 0.152 e. The molecule has 1 heterocycles. The summed E-state index contributed by atoms with van der Waals surface area (Å²) >= 11 is 0. The van der Waals surface area contributed by atoms with Crippen molar-refractivity contribution < 1.29 is 14.8 Å². The molecule has 0 aromatic heterocycles. The molecule has 3 aliphatic rings. The minimum absolute atomic E-state index is 0.00583. The van der Waals surface area contributed by atoms with E-state index in [0.717, 1.165) is 0 Å². The van der Waals surface area contributed by atoms with E-state index in [1.165, 1.54) is 24.0 Å². The van der Waals surface area contributed by atoms with Crippen LogP contribution in [0.15, 0.2) is 24.3 Å². The minimum Gasteiger partial charge on any atom is -0.199 e. The monoisotopic (exact) mass is 190 g/mol. The molecule has 4 rings (SSSR count). The van der Waals surface area contributed by atoms with Crippen molar-refractivity contribution in [3.8, 4) is 0 Å². The summed E-state index contributed by atoms with van der Waals surface area (Å²) in [6, 6.07) is 8.42. The van der Waals surface area contributed by atoms with Gasteiger partial charge < -0.3 is 0 Å². The summed E-state index contributed by atoms with van der Waals surface area (Å²) in [6.45, 7) is 0. The molecule has 2 aliphatic carbocycles. The van der Waals surface area contributed by atoms with E-state index in [9.17, 15) is 0 Å². The Morgan fingerprint density at radius 3 is 2.86 bits per heavy atom. The van der Waals surface area contributed by atoms with Crippen molar-refractivity contribution >= 4 is 0 Å². The Morgan fingerprint density at radius 2 is 2.00 bits per heavy atom. The molecule has 0 N–H and O–H groups in total. The maximum atomic E-state index is 5.21. The van der Waals surface area contributed by atoms with Gasteiger partial charge in [-0.3, -0.25) is 0 Å². The van der Waals surface area contributed by atoms with E-state index in [4.69, 9.17) is 9.78 Å². The van der Waals surface area contributed by atoms with Crippen molar-refractivity contribution in [2.75, 3.05) is 0 Å². The van der Waals surface area contributed by atoms with Gasteiger partial charge in [-0.15, -0.1) is 0 Å². The van der Waals surface area contributed by atoms with Crippen LogP contribution < -0.4 is 0 Å². The van der Waals surface area contributed by atoms with E-state index in [1.807, 2.05) is 6.07 Å². The average Bonchev–Trinajstić information content (AvgIpc) is 2.80. The van der Waals surface area contributed by atoms with Crippen LogP contribution in [-0.2, 0) is 20.2 Å². The highest BCUT2D eigenvalue weighted by Gasteiger charge is 2.64. The molecule has 1 saturated heterocycles. The molecule has 1 aromatic rings. The van der Waals surface area contributed by atoms with Crippen molar-refractivity contribution in [3.63, 3.8) is 0 Å². The van der Waals surface area contributed by atoms with Gasteiger partial charge in [0, 0.05) is 5.41 Å². The summed E-state index contributed by atoms with van der Waals surface area (Å²) in [7, 11) is 0. The van der Waals surface area contributed by atoms with E-state index in [2.05, 4.69) is 23.2 Å². The van der Waals surface area contributed by atoms with Gasteiger partial charge in [0.2, 0.25) is 0 Å². The Morgan fingerprint density at radius 1 is 1.14 bits per heavy atom. The van der Waals surface area contributed by atoms with Gasteiger partial charge in [0.1, 0.15) is 6.10 Å². The van der Waals surface area contributed by atoms with Crippen LogP contribution in [0.4, 0.5) is 0 Å². The zero-order valence-corrected chi connectivity index (χ0v) is 7.60. The molecule has 0 bridgehead atoms. The van der Waals surface area contributed by atoms with Crippen LogP contribution in [0.1, 0.15) is 30.1 Å². The van der Waals surface area contributed by atoms with Gasteiger partial charge in [-0.25, -0.2) is 0 Å².